The smallest absolute Gasteiger partial charge is 0.255 e. The molecule has 0 heterocycles. The van der Waals surface area contributed by atoms with Gasteiger partial charge in [0.25, 0.3) is 5.91 Å². The molecule has 0 aliphatic heterocycles. The second kappa shape index (κ2) is 9.48. The number of carbonyl (C=O) groups excluding carboxylic acids is 1. The number of nitrogens with zero attached hydrogens (tertiary/aromatic N) is 2. The largest absolute Gasteiger partial charge is 0.495 e. The van der Waals surface area contributed by atoms with Crippen LogP contribution >= 0.6 is 0 Å². The molecule has 2 aromatic carbocycles. The van der Waals surface area contributed by atoms with Crippen LogP contribution in [0.15, 0.2) is 52.5 Å². The van der Waals surface area contributed by atoms with Gasteiger partial charge in [0, 0.05) is 7.05 Å². The van der Waals surface area contributed by atoms with E-state index in [0.717, 1.165) is 21.9 Å². The SMILES string of the molecule is CCc1ccc(/C=N\NC(=O)CN(C)S(=O)(=O)c2cc(C)ccc2OC)cc1. The van der Waals surface area contributed by atoms with Gasteiger partial charge in [-0.2, -0.15) is 9.41 Å². The van der Waals surface area contributed by atoms with Crippen LogP contribution in [0, 0.1) is 6.92 Å². The number of amides is 1. The van der Waals surface area contributed by atoms with Crippen molar-refractivity contribution >= 4 is 22.1 Å². The number of carbonyl (C=O) groups is 1. The van der Waals surface area contributed by atoms with E-state index in [0.29, 0.717) is 0 Å². The monoisotopic (exact) mass is 403 g/mol. The third kappa shape index (κ3) is 5.40. The molecule has 0 saturated carbocycles. The average Bonchev–Trinajstić information content (AvgIpc) is 2.68. The van der Waals surface area contributed by atoms with Gasteiger partial charge in [0.05, 0.1) is 19.9 Å². The van der Waals surface area contributed by atoms with Crippen molar-refractivity contribution in [2.24, 2.45) is 5.10 Å². The number of likely N-dealkylation sites (N-methyl/N-ethyl adjacent to an activating group) is 1. The number of benzene rings is 2. The molecule has 28 heavy (non-hydrogen) atoms. The van der Waals surface area contributed by atoms with Gasteiger partial charge < -0.3 is 4.74 Å². The molecule has 0 aliphatic rings. The molecule has 1 amide bonds. The van der Waals surface area contributed by atoms with E-state index in [1.165, 1.54) is 32.0 Å². The Kier molecular flexibility index (Phi) is 7.31. The van der Waals surface area contributed by atoms with Crippen LogP contribution in [0.2, 0.25) is 0 Å². The zero-order valence-electron chi connectivity index (χ0n) is 16.5. The summed E-state index contributed by atoms with van der Waals surface area (Å²) in [5.41, 5.74) is 5.17. The molecule has 7 nitrogen and oxygen atoms in total. The van der Waals surface area contributed by atoms with E-state index >= 15 is 0 Å². The second-order valence-electron chi connectivity index (χ2n) is 6.30. The van der Waals surface area contributed by atoms with Crippen LogP contribution in [-0.4, -0.2) is 45.5 Å². The van der Waals surface area contributed by atoms with Crippen LogP contribution < -0.4 is 10.2 Å². The minimum Gasteiger partial charge on any atom is -0.495 e. The van der Waals surface area contributed by atoms with E-state index < -0.39 is 15.9 Å². The lowest BCUT2D eigenvalue weighted by Gasteiger charge is -2.18. The van der Waals surface area contributed by atoms with Crippen LogP contribution in [0.3, 0.4) is 0 Å². The minimum absolute atomic E-state index is 0.0183. The summed E-state index contributed by atoms with van der Waals surface area (Å²) >= 11 is 0. The van der Waals surface area contributed by atoms with Gasteiger partial charge in [0.1, 0.15) is 10.6 Å². The summed E-state index contributed by atoms with van der Waals surface area (Å²) in [5.74, 6) is -0.314. The van der Waals surface area contributed by atoms with E-state index in [9.17, 15) is 13.2 Å². The summed E-state index contributed by atoms with van der Waals surface area (Å²) in [5, 5.41) is 3.88. The van der Waals surface area contributed by atoms with Gasteiger partial charge in [-0.05, 0) is 42.2 Å². The summed E-state index contributed by atoms with van der Waals surface area (Å²) in [6, 6.07) is 12.6. The Morgan fingerprint density at radius 1 is 1.21 bits per heavy atom. The number of hydrogen-bond acceptors (Lipinski definition) is 5. The van der Waals surface area contributed by atoms with Gasteiger partial charge in [0.15, 0.2) is 0 Å². The molecule has 0 unspecified atom stereocenters. The number of methoxy groups -OCH3 is 1. The van der Waals surface area contributed by atoms with Crippen molar-refractivity contribution in [2.75, 3.05) is 20.7 Å². The van der Waals surface area contributed by atoms with Crippen molar-refractivity contribution in [3.8, 4) is 5.75 Å². The van der Waals surface area contributed by atoms with Gasteiger partial charge in [-0.25, -0.2) is 13.8 Å². The topological polar surface area (TPSA) is 88.1 Å². The Morgan fingerprint density at radius 2 is 1.89 bits per heavy atom. The quantitative estimate of drug-likeness (QED) is 0.541. The molecule has 0 aliphatic carbocycles. The standard InChI is InChI=1S/C20H25N3O4S/c1-5-16-7-9-17(10-8-16)13-21-22-20(24)14-23(3)28(25,26)19-12-15(2)6-11-18(19)27-4/h6-13H,5,14H2,1-4H3,(H,22,24)/b21-13-. The normalized spacial score (nSPS) is 11.8. The van der Waals surface area contributed by atoms with E-state index in [-0.39, 0.29) is 17.2 Å². The maximum Gasteiger partial charge on any atom is 0.255 e. The average molecular weight is 404 g/mol. The third-order valence-corrected chi connectivity index (χ3v) is 5.99. The fourth-order valence-corrected chi connectivity index (χ4v) is 3.86. The van der Waals surface area contributed by atoms with Crippen LogP contribution in [0.25, 0.3) is 0 Å². The fraction of sp³-hybridized carbons (Fsp3) is 0.300. The Balaban J connectivity index is 2.02. The first kappa shape index (κ1) is 21.6. The summed E-state index contributed by atoms with van der Waals surface area (Å²) in [4.78, 5) is 12.1. The van der Waals surface area contributed by atoms with Crippen molar-refractivity contribution < 1.29 is 17.9 Å². The van der Waals surface area contributed by atoms with E-state index in [1.807, 2.05) is 24.3 Å². The number of ether oxygens (including phenoxy) is 1. The minimum atomic E-state index is -3.89. The second-order valence-corrected chi connectivity index (χ2v) is 8.32. The highest BCUT2D eigenvalue weighted by Crippen LogP contribution is 2.27. The number of rotatable bonds is 8. The van der Waals surface area contributed by atoms with Crippen molar-refractivity contribution in [3.05, 3.63) is 59.2 Å². The van der Waals surface area contributed by atoms with Crippen molar-refractivity contribution in [1.29, 1.82) is 0 Å². The van der Waals surface area contributed by atoms with Gasteiger partial charge in [-0.3, -0.25) is 4.79 Å². The zero-order chi connectivity index (χ0) is 20.7. The Morgan fingerprint density at radius 3 is 2.50 bits per heavy atom. The molecule has 150 valence electrons. The highest BCUT2D eigenvalue weighted by atomic mass is 32.2. The fourth-order valence-electron chi connectivity index (χ4n) is 2.49. The van der Waals surface area contributed by atoms with Crippen LogP contribution in [0.1, 0.15) is 23.6 Å². The molecule has 0 atom stereocenters. The molecule has 0 radical (unpaired) electrons. The van der Waals surface area contributed by atoms with E-state index in [1.54, 1.807) is 19.1 Å². The number of hydrogen-bond donors (Lipinski definition) is 1. The predicted octanol–water partition coefficient (Wildman–Crippen LogP) is 2.34. The molecule has 8 heteroatoms. The number of aryl methyl sites for hydroxylation is 2. The molecule has 0 fully saturated rings. The first-order valence-corrected chi connectivity index (χ1v) is 10.2. The summed E-state index contributed by atoms with van der Waals surface area (Å²) in [6.45, 7) is 3.48. The van der Waals surface area contributed by atoms with E-state index in [4.69, 9.17) is 4.74 Å². The predicted molar refractivity (Wildman–Crippen MR) is 109 cm³/mol. The Hall–Kier alpha value is -2.71. The highest BCUT2D eigenvalue weighted by Gasteiger charge is 2.26. The Labute approximate surface area is 166 Å². The lowest BCUT2D eigenvalue weighted by molar-refractivity contribution is -0.121. The zero-order valence-corrected chi connectivity index (χ0v) is 17.3. The number of hydrazone groups is 1. The van der Waals surface area contributed by atoms with Crippen LogP contribution in [-0.2, 0) is 21.2 Å². The van der Waals surface area contributed by atoms with Gasteiger partial charge >= 0.3 is 0 Å². The molecule has 2 aromatic rings. The first-order chi connectivity index (χ1) is 13.3. The Bertz CT molecular complexity index is 954. The lowest BCUT2D eigenvalue weighted by Crippen LogP contribution is -2.36. The van der Waals surface area contributed by atoms with Crippen molar-refractivity contribution in [3.63, 3.8) is 0 Å². The van der Waals surface area contributed by atoms with Crippen LogP contribution in [0.4, 0.5) is 0 Å². The third-order valence-electron chi connectivity index (χ3n) is 4.16. The van der Waals surface area contributed by atoms with Gasteiger partial charge in [-0.15, -0.1) is 0 Å². The molecule has 0 saturated heterocycles. The number of nitrogens with one attached hydrogen (secondary N) is 1. The summed E-state index contributed by atoms with van der Waals surface area (Å²) in [7, 11) is -1.15. The lowest BCUT2D eigenvalue weighted by atomic mass is 10.1. The molecule has 0 spiro atoms. The van der Waals surface area contributed by atoms with E-state index in [2.05, 4.69) is 17.5 Å². The summed E-state index contributed by atoms with van der Waals surface area (Å²) in [6.07, 6.45) is 2.45. The molecule has 1 N–H and O–H groups in total. The molecular weight excluding hydrogens is 378 g/mol. The molecule has 0 aromatic heterocycles. The van der Waals surface area contributed by atoms with Gasteiger partial charge in [0.2, 0.25) is 10.0 Å². The molecule has 2 rings (SSSR count). The summed E-state index contributed by atoms with van der Waals surface area (Å²) < 4.78 is 31.7. The first-order valence-electron chi connectivity index (χ1n) is 8.79. The molecular formula is C20H25N3O4S. The maximum absolute atomic E-state index is 12.8. The van der Waals surface area contributed by atoms with Crippen molar-refractivity contribution in [1.82, 2.24) is 9.73 Å². The van der Waals surface area contributed by atoms with Gasteiger partial charge in [-0.1, -0.05) is 37.3 Å². The van der Waals surface area contributed by atoms with Crippen molar-refractivity contribution in [2.45, 2.75) is 25.2 Å². The highest BCUT2D eigenvalue weighted by molar-refractivity contribution is 7.89. The van der Waals surface area contributed by atoms with Crippen LogP contribution in [0.5, 0.6) is 5.75 Å². The maximum atomic E-state index is 12.8. The number of sulfonamides is 1. The molecule has 0 bridgehead atoms.